The molecule has 4 heteroatoms. The first-order chi connectivity index (χ1) is 10.0. The minimum absolute atomic E-state index is 0.0278. The van der Waals surface area contributed by atoms with Gasteiger partial charge in [-0.1, -0.05) is 6.92 Å². The van der Waals surface area contributed by atoms with Crippen molar-refractivity contribution < 1.29 is 4.79 Å². The van der Waals surface area contributed by atoms with Crippen LogP contribution in [-0.4, -0.2) is 41.0 Å². The van der Waals surface area contributed by atoms with Crippen molar-refractivity contribution in [3.05, 3.63) is 29.6 Å². The first-order valence-electron chi connectivity index (χ1n) is 8.05. The maximum atomic E-state index is 12.4. The largest absolute Gasteiger partial charge is 0.346 e. The zero-order chi connectivity index (χ0) is 15.0. The summed E-state index contributed by atoms with van der Waals surface area (Å²) in [5, 5.41) is 3.17. The van der Waals surface area contributed by atoms with Gasteiger partial charge in [0.25, 0.3) is 5.91 Å². The molecule has 1 N–H and O–H groups in total. The second kappa shape index (κ2) is 5.76. The summed E-state index contributed by atoms with van der Waals surface area (Å²) in [4.78, 5) is 19.1. The maximum absolute atomic E-state index is 12.4. The lowest BCUT2D eigenvalue weighted by Gasteiger charge is -2.20. The van der Waals surface area contributed by atoms with Crippen molar-refractivity contribution in [3.63, 3.8) is 0 Å². The van der Waals surface area contributed by atoms with Gasteiger partial charge in [-0.3, -0.25) is 14.7 Å². The van der Waals surface area contributed by atoms with Crippen LogP contribution >= 0.6 is 0 Å². The Morgan fingerprint density at radius 3 is 2.76 bits per heavy atom. The van der Waals surface area contributed by atoms with Crippen molar-refractivity contribution in [2.75, 3.05) is 13.1 Å². The molecule has 0 radical (unpaired) electrons. The summed E-state index contributed by atoms with van der Waals surface area (Å²) >= 11 is 0. The number of pyridine rings is 1. The molecule has 1 amide bonds. The standard InChI is InChI=1S/C17H25N3O/c1-11(2)20-9-12(3)16(10-20)19-17(21)15-8-14(6-7-18-15)13-4-5-13/h6-8,11-13,16H,4-5,9-10H2,1-3H3,(H,19,21). The molecule has 1 saturated heterocycles. The van der Waals surface area contributed by atoms with Crippen molar-refractivity contribution in [1.29, 1.82) is 0 Å². The first kappa shape index (κ1) is 14.5. The van der Waals surface area contributed by atoms with Crippen LogP contribution in [0, 0.1) is 5.92 Å². The number of carbonyl (C=O) groups excluding carboxylic acids is 1. The van der Waals surface area contributed by atoms with Gasteiger partial charge in [0.15, 0.2) is 0 Å². The normalized spacial score (nSPS) is 26.3. The van der Waals surface area contributed by atoms with Crippen LogP contribution in [0.1, 0.15) is 55.6 Å². The van der Waals surface area contributed by atoms with E-state index in [1.54, 1.807) is 6.20 Å². The second-order valence-electron chi connectivity index (χ2n) is 6.85. The lowest BCUT2D eigenvalue weighted by molar-refractivity contribution is 0.0925. The smallest absolute Gasteiger partial charge is 0.270 e. The van der Waals surface area contributed by atoms with Crippen LogP contribution in [0.3, 0.4) is 0 Å². The van der Waals surface area contributed by atoms with E-state index in [0.29, 0.717) is 23.6 Å². The third-order valence-corrected chi connectivity index (χ3v) is 4.75. The zero-order valence-electron chi connectivity index (χ0n) is 13.2. The SMILES string of the molecule is CC1CN(C(C)C)CC1NC(=O)c1cc(C2CC2)ccn1. The van der Waals surface area contributed by atoms with Gasteiger partial charge in [-0.15, -0.1) is 0 Å². The molecule has 2 fully saturated rings. The minimum atomic E-state index is -0.0278. The van der Waals surface area contributed by atoms with E-state index in [9.17, 15) is 4.79 Å². The van der Waals surface area contributed by atoms with Crippen LogP contribution in [0.2, 0.25) is 0 Å². The van der Waals surface area contributed by atoms with Gasteiger partial charge in [0.1, 0.15) is 5.69 Å². The van der Waals surface area contributed by atoms with E-state index in [4.69, 9.17) is 0 Å². The van der Waals surface area contributed by atoms with E-state index in [0.717, 1.165) is 13.1 Å². The van der Waals surface area contributed by atoms with Gasteiger partial charge < -0.3 is 5.32 Å². The molecule has 114 valence electrons. The fourth-order valence-electron chi connectivity index (χ4n) is 3.10. The van der Waals surface area contributed by atoms with Crippen molar-refractivity contribution in [2.24, 2.45) is 5.92 Å². The van der Waals surface area contributed by atoms with E-state index in [1.807, 2.05) is 12.1 Å². The Hall–Kier alpha value is -1.42. The molecule has 1 aromatic rings. The molecule has 1 aliphatic heterocycles. The highest BCUT2D eigenvalue weighted by Crippen LogP contribution is 2.39. The van der Waals surface area contributed by atoms with Crippen LogP contribution in [0.5, 0.6) is 0 Å². The third kappa shape index (κ3) is 3.26. The molecule has 0 bridgehead atoms. The quantitative estimate of drug-likeness (QED) is 0.925. The Morgan fingerprint density at radius 2 is 2.14 bits per heavy atom. The van der Waals surface area contributed by atoms with Gasteiger partial charge in [-0.2, -0.15) is 0 Å². The van der Waals surface area contributed by atoms with Gasteiger partial charge in [-0.05, 0) is 56.2 Å². The molecular formula is C17H25N3O. The van der Waals surface area contributed by atoms with Gasteiger partial charge in [0, 0.05) is 31.4 Å². The molecule has 1 aromatic heterocycles. The van der Waals surface area contributed by atoms with Gasteiger partial charge >= 0.3 is 0 Å². The average molecular weight is 287 g/mol. The molecule has 3 rings (SSSR count). The molecule has 1 saturated carbocycles. The molecule has 2 atom stereocenters. The predicted octanol–water partition coefficient (Wildman–Crippen LogP) is 2.42. The fourth-order valence-corrected chi connectivity index (χ4v) is 3.10. The highest BCUT2D eigenvalue weighted by Gasteiger charge is 2.32. The lowest BCUT2D eigenvalue weighted by atomic mass is 10.1. The monoisotopic (exact) mass is 287 g/mol. The molecule has 2 heterocycles. The predicted molar refractivity (Wildman–Crippen MR) is 83.3 cm³/mol. The number of hydrogen-bond donors (Lipinski definition) is 1. The summed E-state index contributed by atoms with van der Waals surface area (Å²) in [5.74, 6) is 1.12. The highest BCUT2D eigenvalue weighted by molar-refractivity contribution is 5.92. The minimum Gasteiger partial charge on any atom is -0.346 e. The van der Waals surface area contributed by atoms with Crippen molar-refractivity contribution in [3.8, 4) is 0 Å². The number of nitrogens with one attached hydrogen (secondary N) is 1. The molecule has 21 heavy (non-hydrogen) atoms. The summed E-state index contributed by atoms with van der Waals surface area (Å²) < 4.78 is 0. The summed E-state index contributed by atoms with van der Waals surface area (Å²) in [6.07, 6.45) is 4.25. The zero-order valence-corrected chi connectivity index (χ0v) is 13.2. The Labute approximate surface area is 126 Å². The van der Waals surface area contributed by atoms with Crippen LogP contribution in [-0.2, 0) is 0 Å². The number of amides is 1. The van der Waals surface area contributed by atoms with E-state index < -0.39 is 0 Å². The molecule has 2 aliphatic rings. The number of carbonyl (C=O) groups is 1. The Morgan fingerprint density at radius 1 is 1.38 bits per heavy atom. The first-order valence-corrected chi connectivity index (χ1v) is 8.05. The summed E-state index contributed by atoms with van der Waals surface area (Å²) in [5.41, 5.74) is 1.83. The van der Waals surface area contributed by atoms with Crippen LogP contribution < -0.4 is 5.32 Å². The Bertz CT molecular complexity index is 525. The van der Waals surface area contributed by atoms with Crippen molar-refractivity contribution in [2.45, 2.75) is 51.6 Å². The summed E-state index contributed by atoms with van der Waals surface area (Å²) in [7, 11) is 0. The Balaban J connectivity index is 1.64. The van der Waals surface area contributed by atoms with Gasteiger partial charge in [-0.25, -0.2) is 0 Å². The number of rotatable bonds is 4. The fraction of sp³-hybridized carbons (Fsp3) is 0.647. The number of aromatic nitrogens is 1. The van der Waals surface area contributed by atoms with Gasteiger partial charge in [0.05, 0.1) is 0 Å². The van der Waals surface area contributed by atoms with Crippen molar-refractivity contribution in [1.82, 2.24) is 15.2 Å². The number of nitrogens with zero attached hydrogens (tertiary/aromatic N) is 2. The molecular weight excluding hydrogens is 262 g/mol. The maximum Gasteiger partial charge on any atom is 0.270 e. The third-order valence-electron chi connectivity index (χ3n) is 4.75. The van der Waals surface area contributed by atoms with Crippen molar-refractivity contribution >= 4 is 5.91 Å². The number of likely N-dealkylation sites (tertiary alicyclic amines) is 1. The Kier molecular flexibility index (Phi) is 3.98. The number of hydrogen-bond acceptors (Lipinski definition) is 3. The molecule has 4 nitrogen and oxygen atoms in total. The van der Waals surface area contributed by atoms with Gasteiger partial charge in [0.2, 0.25) is 0 Å². The molecule has 0 spiro atoms. The molecule has 2 unspecified atom stereocenters. The highest BCUT2D eigenvalue weighted by atomic mass is 16.2. The molecule has 0 aromatic carbocycles. The van der Waals surface area contributed by atoms with E-state index in [2.05, 4.69) is 36.0 Å². The second-order valence-corrected chi connectivity index (χ2v) is 6.85. The van der Waals surface area contributed by atoms with E-state index >= 15 is 0 Å². The topological polar surface area (TPSA) is 45.2 Å². The lowest BCUT2D eigenvalue weighted by Crippen LogP contribution is -2.40. The van der Waals surface area contributed by atoms with E-state index in [-0.39, 0.29) is 11.9 Å². The van der Waals surface area contributed by atoms with E-state index in [1.165, 1.54) is 18.4 Å². The van der Waals surface area contributed by atoms with Crippen LogP contribution in [0.15, 0.2) is 18.3 Å². The summed E-state index contributed by atoms with van der Waals surface area (Å²) in [6, 6.07) is 4.76. The summed E-state index contributed by atoms with van der Waals surface area (Å²) in [6.45, 7) is 8.61. The van der Waals surface area contributed by atoms with Crippen LogP contribution in [0.25, 0.3) is 0 Å². The molecule has 1 aliphatic carbocycles. The average Bonchev–Trinajstić information content (AvgIpc) is 3.24. The van der Waals surface area contributed by atoms with Crippen LogP contribution in [0.4, 0.5) is 0 Å².